The number of ether oxygens (including phenoxy) is 3. The highest BCUT2D eigenvalue weighted by molar-refractivity contribution is 5.91. The number of rotatable bonds is 3. The Labute approximate surface area is 171 Å². The molecule has 4 rings (SSSR count). The lowest BCUT2D eigenvalue weighted by atomic mass is 9.81. The molecule has 0 saturated heterocycles. The number of hydrogen-bond acceptors (Lipinski definition) is 8. The number of phenols is 1. The summed E-state index contributed by atoms with van der Waals surface area (Å²) in [4.78, 5) is 11.8. The quantitative estimate of drug-likeness (QED) is 0.635. The minimum atomic E-state index is -0.792. The van der Waals surface area contributed by atoms with E-state index in [1.807, 2.05) is 0 Å². The fraction of sp³-hybridized carbons (Fsp3) is 0.182. The highest BCUT2D eigenvalue weighted by atomic mass is 16.5. The second kappa shape index (κ2) is 7.04. The van der Waals surface area contributed by atoms with Crippen molar-refractivity contribution in [2.45, 2.75) is 12.8 Å². The second-order valence-electron chi connectivity index (χ2n) is 6.79. The monoisotopic (exact) mass is 406 g/mol. The Balaban J connectivity index is 2.13. The second-order valence-corrected chi connectivity index (χ2v) is 6.79. The van der Waals surface area contributed by atoms with Gasteiger partial charge in [-0.1, -0.05) is 0 Å². The molecule has 1 aromatic heterocycles. The number of nitrogens with two attached hydrogens (primary N) is 1. The lowest BCUT2D eigenvalue weighted by Crippen LogP contribution is -2.22. The molecule has 1 aliphatic heterocycles. The molecule has 0 radical (unpaired) electrons. The van der Waals surface area contributed by atoms with Crippen LogP contribution in [0.4, 0.5) is 0 Å². The summed E-state index contributed by atoms with van der Waals surface area (Å²) in [5.74, 6) is 0.123. The molecule has 8 heteroatoms. The molecule has 0 aliphatic carbocycles. The van der Waals surface area contributed by atoms with Gasteiger partial charge in [-0.3, -0.25) is 0 Å². The Bertz CT molecular complexity index is 1320. The first-order valence-corrected chi connectivity index (χ1v) is 8.99. The number of aryl methyl sites for hydroxylation is 1. The van der Waals surface area contributed by atoms with E-state index in [0.717, 1.165) is 0 Å². The maximum Gasteiger partial charge on any atom is 0.336 e. The molecule has 0 bridgehead atoms. The molecule has 2 heterocycles. The molecule has 0 saturated carbocycles. The fourth-order valence-corrected chi connectivity index (χ4v) is 3.81. The number of nitrogens with zero attached hydrogens (tertiary/aromatic N) is 1. The Kier molecular flexibility index (Phi) is 4.51. The van der Waals surface area contributed by atoms with Gasteiger partial charge in [-0.15, -0.1) is 0 Å². The maximum atomic E-state index is 11.8. The number of nitriles is 1. The van der Waals surface area contributed by atoms with Crippen LogP contribution in [-0.2, 0) is 0 Å². The Morgan fingerprint density at radius 3 is 2.63 bits per heavy atom. The summed E-state index contributed by atoms with van der Waals surface area (Å²) < 4.78 is 21.8. The van der Waals surface area contributed by atoms with Gasteiger partial charge in [-0.2, -0.15) is 5.26 Å². The zero-order valence-electron chi connectivity index (χ0n) is 16.5. The SMILES string of the molecule is COc1ccc(OC)c([C@H]2C(C#N)=C(N)Oc3c2c(O)cc2oc(=O)cc(C)c32)c1. The molecule has 3 aromatic rings. The van der Waals surface area contributed by atoms with Gasteiger partial charge in [0.1, 0.15) is 40.2 Å². The van der Waals surface area contributed by atoms with Gasteiger partial charge in [0.05, 0.1) is 31.1 Å². The molecule has 2 aromatic carbocycles. The van der Waals surface area contributed by atoms with Gasteiger partial charge >= 0.3 is 5.63 Å². The third-order valence-corrected chi connectivity index (χ3v) is 5.12. The fourth-order valence-electron chi connectivity index (χ4n) is 3.81. The van der Waals surface area contributed by atoms with Gasteiger partial charge in [0, 0.05) is 17.7 Å². The number of phenolic OH excluding ortho intramolecular Hbond substituents is 1. The summed E-state index contributed by atoms with van der Waals surface area (Å²) >= 11 is 0. The Morgan fingerprint density at radius 1 is 1.20 bits per heavy atom. The smallest absolute Gasteiger partial charge is 0.336 e. The number of allylic oxidation sites excluding steroid dienone is 1. The Hall–Kier alpha value is -4.12. The summed E-state index contributed by atoms with van der Waals surface area (Å²) in [6, 6.07) is 9.88. The van der Waals surface area contributed by atoms with Crippen LogP contribution in [0.3, 0.4) is 0 Å². The largest absolute Gasteiger partial charge is 0.507 e. The minimum absolute atomic E-state index is 0.110. The van der Waals surface area contributed by atoms with Crippen LogP contribution in [0.25, 0.3) is 11.0 Å². The maximum absolute atomic E-state index is 11.8. The molecule has 0 amide bonds. The Morgan fingerprint density at radius 2 is 1.97 bits per heavy atom. The van der Waals surface area contributed by atoms with E-state index < -0.39 is 11.5 Å². The summed E-state index contributed by atoms with van der Waals surface area (Å²) in [6.45, 7) is 1.72. The summed E-state index contributed by atoms with van der Waals surface area (Å²) in [5, 5.41) is 21.2. The van der Waals surface area contributed by atoms with Crippen molar-refractivity contribution in [1.29, 1.82) is 5.26 Å². The topological polar surface area (TPSA) is 128 Å². The summed E-state index contributed by atoms with van der Waals surface area (Å²) in [5.41, 5.74) is 7.28. The van der Waals surface area contributed by atoms with Crippen molar-refractivity contribution < 1.29 is 23.7 Å². The average molecular weight is 406 g/mol. The van der Waals surface area contributed by atoms with E-state index in [1.165, 1.54) is 26.4 Å². The van der Waals surface area contributed by atoms with Gasteiger partial charge in [0.2, 0.25) is 5.88 Å². The summed E-state index contributed by atoms with van der Waals surface area (Å²) in [7, 11) is 3.03. The van der Waals surface area contributed by atoms with Crippen molar-refractivity contribution in [2.75, 3.05) is 14.2 Å². The lowest BCUT2D eigenvalue weighted by Gasteiger charge is -2.29. The van der Waals surface area contributed by atoms with Crippen LogP contribution >= 0.6 is 0 Å². The van der Waals surface area contributed by atoms with Crippen LogP contribution in [0.2, 0.25) is 0 Å². The molecule has 3 N–H and O–H groups in total. The molecule has 1 aliphatic rings. The zero-order valence-corrected chi connectivity index (χ0v) is 16.5. The van der Waals surface area contributed by atoms with Gasteiger partial charge in [0.15, 0.2) is 0 Å². The molecule has 30 heavy (non-hydrogen) atoms. The molecule has 0 fully saturated rings. The highest BCUT2D eigenvalue weighted by Crippen LogP contribution is 2.52. The first kappa shape index (κ1) is 19.2. The van der Waals surface area contributed by atoms with E-state index in [1.54, 1.807) is 25.1 Å². The van der Waals surface area contributed by atoms with E-state index in [9.17, 15) is 15.2 Å². The van der Waals surface area contributed by atoms with E-state index in [-0.39, 0.29) is 28.5 Å². The van der Waals surface area contributed by atoms with Crippen LogP contribution in [0, 0.1) is 18.3 Å². The minimum Gasteiger partial charge on any atom is -0.507 e. The lowest BCUT2D eigenvalue weighted by molar-refractivity contribution is 0.377. The van der Waals surface area contributed by atoms with Gasteiger partial charge in [0.25, 0.3) is 0 Å². The normalized spacial score (nSPS) is 15.3. The third-order valence-electron chi connectivity index (χ3n) is 5.12. The number of fused-ring (bicyclic) bond motifs is 3. The van der Waals surface area contributed by atoms with Crippen molar-refractivity contribution in [2.24, 2.45) is 5.73 Å². The first-order chi connectivity index (χ1) is 14.4. The van der Waals surface area contributed by atoms with Gasteiger partial charge in [-0.25, -0.2) is 4.79 Å². The number of aromatic hydroxyl groups is 1. The molecule has 0 unspecified atom stereocenters. The molecule has 8 nitrogen and oxygen atoms in total. The predicted molar refractivity (Wildman–Crippen MR) is 108 cm³/mol. The number of hydrogen-bond donors (Lipinski definition) is 2. The van der Waals surface area contributed by atoms with Gasteiger partial charge < -0.3 is 29.5 Å². The predicted octanol–water partition coefficient (Wildman–Crippen LogP) is 3.04. The first-order valence-electron chi connectivity index (χ1n) is 8.99. The highest BCUT2D eigenvalue weighted by Gasteiger charge is 2.37. The van der Waals surface area contributed by atoms with E-state index >= 15 is 0 Å². The number of methoxy groups -OCH3 is 2. The number of benzene rings is 2. The van der Waals surface area contributed by atoms with Crippen molar-refractivity contribution in [1.82, 2.24) is 0 Å². The average Bonchev–Trinajstić information content (AvgIpc) is 2.71. The van der Waals surface area contributed by atoms with Gasteiger partial charge in [-0.05, 0) is 30.7 Å². The molecular weight excluding hydrogens is 388 g/mol. The summed E-state index contributed by atoms with van der Waals surface area (Å²) in [6.07, 6.45) is 0. The molecular formula is C22H18N2O6. The van der Waals surface area contributed by atoms with Crippen LogP contribution in [0.5, 0.6) is 23.0 Å². The standard InChI is InChI=1S/C22H18N2O6/c1-10-6-17(26)29-16-8-14(25)20-19(12-7-11(27-2)4-5-15(12)28-3)13(9-23)22(24)30-21(20)18(10)16/h4-8,19,25H,24H2,1-3H3/t19-/m0/s1. The zero-order chi connectivity index (χ0) is 21.6. The van der Waals surface area contributed by atoms with E-state index in [4.69, 9.17) is 24.4 Å². The van der Waals surface area contributed by atoms with Crippen molar-refractivity contribution in [3.05, 3.63) is 68.9 Å². The van der Waals surface area contributed by atoms with Crippen molar-refractivity contribution in [3.8, 4) is 29.1 Å². The van der Waals surface area contributed by atoms with Crippen LogP contribution < -0.4 is 25.6 Å². The molecule has 152 valence electrons. The third kappa shape index (κ3) is 2.79. The van der Waals surface area contributed by atoms with Crippen LogP contribution in [0.1, 0.15) is 22.6 Å². The van der Waals surface area contributed by atoms with Crippen molar-refractivity contribution >= 4 is 11.0 Å². The van der Waals surface area contributed by atoms with Crippen LogP contribution in [-0.4, -0.2) is 19.3 Å². The van der Waals surface area contributed by atoms with Crippen LogP contribution in [0.15, 0.2) is 51.0 Å². The van der Waals surface area contributed by atoms with E-state index in [0.29, 0.717) is 33.6 Å². The van der Waals surface area contributed by atoms with E-state index in [2.05, 4.69) is 6.07 Å². The molecule has 1 atom stereocenters. The van der Waals surface area contributed by atoms with Crippen molar-refractivity contribution in [3.63, 3.8) is 0 Å². The molecule has 0 spiro atoms.